The van der Waals surface area contributed by atoms with Crippen molar-refractivity contribution in [3.05, 3.63) is 0 Å². The Morgan fingerprint density at radius 3 is 2.67 bits per heavy atom. The van der Waals surface area contributed by atoms with E-state index in [2.05, 4.69) is 17.3 Å². The van der Waals surface area contributed by atoms with Crippen LogP contribution >= 0.6 is 0 Å². The van der Waals surface area contributed by atoms with Crippen LogP contribution in [0.15, 0.2) is 0 Å². The smallest absolute Gasteiger partial charge is 0.236 e. The van der Waals surface area contributed by atoms with E-state index in [1.54, 1.807) is 4.90 Å². The molecule has 1 rings (SSSR count). The summed E-state index contributed by atoms with van der Waals surface area (Å²) in [5, 5.41) is 3.39. The van der Waals surface area contributed by atoms with E-state index in [0.29, 0.717) is 12.6 Å². The van der Waals surface area contributed by atoms with Crippen LogP contribution in [0.25, 0.3) is 0 Å². The minimum absolute atomic E-state index is 0.190. The third kappa shape index (κ3) is 4.18. The van der Waals surface area contributed by atoms with Gasteiger partial charge < -0.3 is 10.2 Å². The van der Waals surface area contributed by atoms with Gasteiger partial charge in [0.05, 0.1) is 6.54 Å². The average molecular weight is 213 g/mol. The van der Waals surface area contributed by atoms with Gasteiger partial charge in [0.1, 0.15) is 0 Å². The Kier molecular flexibility index (Phi) is 5.05. The van der Waals surface area contributed by atoms with Crippen molar-refractivity contribution in [2.45, 2.75) is 25.3 Å². The number of nitrogens with one attached hydrogen (secondary N) is 1. The average Bonchev–Trinajstić information content (AvgIpc) is 2.45. The van der Waals surface area contributed by atoms with Gasteiger partial charge in [-0.25, -0.2) is 0 Å². The highest BCUT2D eigenvalue weighted by Crippen LogP contribution is 2.11. The van der Waals surface area contributed by atoms with Crippen LogP contribution in [0.5, 0.6) is 0 Å². The van der Waals surface area contributed by atoms with E-state index in [1.807, 2.05) is 14.1 Å². The second kappa shape index (κ2) is 6.08. The van der Waals surface area contributed by atoms with Gasteiger partial charge in [0, 0.05) is 20.1 Å². The van der Waals surface area contributed by atoms with Gasteiger partial charge in [-0.05, 0) is 39.4 Å². The number of nitrogens with zero attached hydrogens (tertiary/aromatic N) is 2. The van der Waals surface area contributed by atoms with Crippen LogP contribution in [-0.4, -0.2) is 62.5 Å². The molecule has 0 saturated carbocycles. The van der Waals surface area contributed by atoms with Crippen molar-refractivity contribution >= 4 is 5.91 Å². The van der Waals surface area contributed by atoms with Gasteiger partial charge in [0.25, 0.3) is 0 Å². The van der Waals surface area contributed by atoms with E-state index in [9.17, 15) is 4.79 Å². The molecule has 0 aromatic rings. The molecular weight excluding hydrogens is 190 g/mol. The summed E-state index contributed by atoms with van der Waals surface area (Å²) < 4.78 is 0. The number of carbonyl (C=O) groups is 1. The quantitative estimate of drug-likeness (QED) is 0.725. The molecule has 0 bridgehead atoms. The number of hydrogen-bond acceptors (Lipinski definition) is 3. The largest absolute Gasteiger partial charge is 0.348 e. The molecule has 1 fully saturated rings. The van der Waals surface area contributed by atoms with Gasteiger partial charge in [0.15, 0.2) is 0 Å². The minimum atomic E-state index is 0.190. The van der Waals surface area contributed by atoms with Gasteiger partial charge in [-0.3, -0.25) is 9.69 Å². The fourth-order valence-electron chi connectivity index (χ4n) is 1.93. The van der Waals surface area contributed by atoms with Crippen LogP contribution in [0.1, 0.15) is 19.3 Å². The van der Waals surface area contributed by atoms with E-state index < -0.39 is 0 Å². The molecule has 0 spiro atoms. The van der Waals surface area contributed by atoms with E-state index in [0.717, 1.165) is 19.5 Å². The molecule has 0 aromatic heterocycles. The second-order valence-corrected chi connectivity index (χ2v) is 4.54. The van der Waals surface area contributed by atoms with E-state index >= 15 is 0 Å². The maximum Gasteiger partial charge on any atom is 0.236 e. The SMILES string of the molecule is CN(C)C(=O)CN(C)C1CCCNCC1. The van der Waals surface area contributed by atoms with E-state index in [4.69, 9.17) is 0 Å². The van der Waals surface area contributed by atoms with Crippen molar-refractivity contribution < 1.29 is 4.79 Å². The summed E-state index contributed by atoms with van der Waals surface area (Å²) in [6, 6.07) is 0.559. The molecule has 15 heavy (non-hydrogen) atoms. The number of rotatable bonds is 3. The highest BCUT2D eigenvalue weighted by Gasteiger charge is 2.19. The first kappa shape index (κ1) is 12.5. The highest BCUT2D eigenvalue weighted by atomic mass is 16.2. The molecule has 4 heteroatoms. The standard InChI is InChI=1S/C11H23N3O/c1-13(2)11(15)9-14(3)10-5-4-7-12-8-6-10/h10,12H,4-9H2,1-3H3. The van der Waals surface area contributed by atoms with Crippen molar-refractivity contribution in [3.8, 4) is 0 Å². The first-order valence-electron chi connectivity index (χ1n) is 5.72. The van der Waals surface area contributed by atoms with Gasteiger partial charge >= 0.3 is 0 Å². The molecule has 88 valence electrons. The monoisotopic (exact) mass is 213 g/mol. The molecular formula is C11H23N3O. The third-order valence-electron chi connectivity index (χ3n) is 3.05. The molecule has 1 saturated heterocycles. The Bertz CT molecular complexity index is 198. The number of likely N-dealkylation sites (N-methyl/N-ethyl adjacent to an activating group) is 2. The van der Waals surface area contributed by atoms with Crippen LogP contribution < -0.4 is 5.32 Å². The first-order valence-corrected chi connectivity index (χ1v) is 5.72. The molecule has 1 aliphatic rings. The van der Waals surface area contributed by atoms with Crippen LogP contribution in [0.3, 0.4) is 0 Å². The Labute approximate surface area is 92.6 Å². The fraction of sp³-hybridized carbons (Fsp3) is 0.909. The van der Waals surface area contributed by atoms with Gasteiger partial charge in [0.2, 0.25) is 5.91 Å². The summed E-state index contributed by atoms with van der Waals surface area (Å²) in [5.74, 6) is 0.190. The summed E-state index contributed by atoms with van der Waals surface area (Å²) >= 11 is 0. The van der Waals surface area contributed by atoms with E-state index in [1.165, 1.54) is 12.8 Å². The lowest BCUT2D eigenvalue weighted by atomic mass is 10.1. The van der Waals surface area contributed by atoms with E-state index in [-0.39, 0.29) is 5.91 Å². The normalized spacial score (nSPS) is 22.5. The molecule has 1 atom stereocenters. The Morgan fingerprint density at radius 2 is 2.00 bits per heavy atom. The Hall–Kier alpha value is -0.610. The summed E-state index contributed by atoms with van der Waals surface area (Å²) in [4.78, 5) is 15.4. The lowest BCUT2D eigenvalue weighted by Crippen LogP contribution is -2.40. The fourth-order valence-corrected chi connectivity index (χ4v) is 1.93. The molecule has 1 N–H and O–H groups in total. The number of hydrogen-bond donors (Lipinski definition) is 1. The lowest BCUT2D eigenvalue weighted by Gasteiger charge is -2.27. The second-order valence-electron chi connectivity index (χ2n) is 4.54. The van der Waals surface area contributed by atoms with Crippen LogP contribution in [-0.2, 0) is 4.79 Å². The van der Waals surface area contributed by atoms with Crippen molar-refractivity contribution in [2.24, 2.45) is 0 Å². The molecule has 4 nitrogen and oxygen atoms in total. The number of amides is 1. The molecule has 1 aliphatic heterocycles. The van der Waals surface area contributed by atoms with Gasteiger partial charge in [-0.1, -0.05) is 0 Å². The third-order valence-corrected chi connectivity index (χ3v) is 3.05. The molecule has 1 amide bonds. The topological polar surface area (TPSA) is 35.6 Å². The predicted molar refractivity (Wildman–Crippen MR) is 61.8 cm³/mol. The zero-order valence-corrected chi connectivity index (χ0v) is 10.1. The Morgan fingerprint density at radius 1 is 1.27 bits per heavy atom. The van der Waals surface area contributed by atoms with Crippen molar-refractivity contribution in [1.29, 1.82) is 0 Å². The molecule has 1 unspecified atom stereocenters. The summed E-state index contributed by atoms with van der Waals surface area (Å²) in [7, 11) is 5.67. The molecule has 1 heterocycles. The maximum atomic E-state index is 11.6. The van der Waals surface area contributed by atoms with Crippen LogP contribution in [0.4, 0.5) is 0 Å². The van der Waals surface area contributed by atoms with Crippen molar-refractivity contribution in [3.63, 3.8) is 0 Å². The summed E-state index contributed by atoms with van der Waals surface area (Å²) in [6.45, 7) is 2.73. The predicted octanol–water partition coefficient (Wildman–Crippen LogP) is 0.149. The zero-order chi connectivity index (χ0) is 11.3. The van der Waals surface area contributed by atoms with Gasteiger partial charge in [-0.15, -0.1) is 0 Å². The zero-order valence-electron chi connectivity index (χ0n) is 10.1. The lowest BCUT2D eigenvalue weighted by molar-refractivity contribution is -0.130. The van der Waals surface area contributed by atoms with Crippen LogP contribution in [0.2, 0.25) is 0 Å². The summed E-state index contributed by atoms with van der Waals surface area (Å²) in [6.07, 6.45) is 3.56. The highest BCUT2D eigenvalue weighted by molar-refractivity contribution is 5.77. The molecule has 0 aliphatic carbocycles. The summed E-state index contributed by atoms with van der Waals surface area (Å²) in [5.41, 5.74) is 0. The molecule has 0 radical (unpaired) electrons. The van der Waals surface area contributed by atoms with Gasteiger partial charge in [-0.2, -0.15) is 0 Å². The Balaban J connectivity index is 2.37. The van der Waals surface area contributed by atoms with Crippen LogP contribution in [0, 0.1) is 0 Å². The first-order chi connectivity index (χ1) is 7.11. The minimum Gasteiger partial charge on any atom is -0.348 e. The van der Waals surface area contributed by atoms with Crippen molar-refractivity contribution in [1.82, 2.24) is 15.1 Å². The van der Waals surface area contributed by atoms with Crippen molar-refractivity contribution in [2.75, 3.05) is 40.8 Å². The maximum absolute atomic E-state index is 11.6. The number of carbonyl (C=O) groups excluding carboxylic acids is 1. The molecule has 0 aromatic carbocycles.